The fraction of sp³-hybridized carbons (Fsp3) is 0.448. The molecule has 0 saturated carbocycles. The molecule has 1 aliphatic heterocycles. The molecule has 3 unspecified atom stereocenters. The molecule has 6 N–H and O–H groups in total. The molecule has 10 nitrogen and oxygen atoms in total. The maximum atomic E-state index is 12.9. The van der Waals surface area contributed by atoms with Crippen molar-refractivity contribution in [2.24, 2.45) is 5.73 Å². The van der Waals surface area contributed by atoms with E-state index in [1.807, 2.05) is 13.0 Å². The molecule has 1 aliphatic rings. The number of aromatic hydroxyl groups is 2. The van der Waals surface area contributed by atoms with E-state index in [1.165, 1.54) is 13.2 Å². The van der Waals surface area contributed by atoms with Gasteiger partial charge < -0.3 is 40.8 Å². The molecule has 39 heavy (non-hydrogen) atoms. The van der Waals surface area contributed by atoms with Gasteiger partial charge in [-0.1, -0.05) is 30.4 Å². The van der Waals surface area contributed by atoms with Crippen molar-refractivity contribution in [2.75, 3.05) is 31.4 Å². The number of carbonyl (C=O) groups excluding carboxylic acids is 2. The van der Waals surface area contributed by atoms with Crippen LogP contribution in [0.25, 0.3) is 0 Å². The van der Waals surface area contributed by atoms with Crippen molar-refractivity contribution in [3.63, 3.8) is 0 Å². The van der Waals surface area contributed by atoms with Gasteiger partial charge in [-0.25, -0.2) is 4.79 Å². The Balaban J connectivity index is 2.51. The van der Waals surface area contributed by atoms with E-state index in [2.05, 4.69) is 17.2 Å². The van der Waals surface area contributed by atoms with E-state index in [0.29, 0.717) is 55.5 Å². The number of phenols is 2. The Bertz CT molecular complexity index is 1110. The summed E-state index contributed by atoms with van der Waals surface area (Å²) in [5, 5.41) is 27.5. The van der Waals surface area contributed by atoms with Gasteiger partial charge in [-0.2, -0.15) is 0 Å². The lowest BCUT2D eigenvalue weighted by Gasteiger charge is -2.24. The molecule has 214 valence electrons. The average Bonchev–Trinajstić information content (AvgIpc) is 2.90. The summed E-state index contributed by atoms with van der Waals surface area (Å²) in [5.41, 5.74) is 7.40. The number of nitrogens with one attached hydrogen (secondary N) is 2. The molecule has 0 radical (unpaired) electrons. The van der Waals surface area contributed by atoms with E-state index in [0.717, 1.165) is 5.57 Å². The SMILES string of the molecule is C=CCNc1c(O)cc2c(O)c1CCCC(OC)CC/C=C(\C)C(OC(N)=O)C(OC)/C=C\C=C(/C)C(=O)N2. The third kappa shape index (κ3) is 9.19. The monoisotopic (exact) mass is 543 g/mol. The highest BCUT2D eigenvalue weighted by atomic mass is 16.6. The topological polar surface area (TPSA) is 152 Å². The molecular formula is C29H41N3O7. The molecule has 10 heteroatoms. The van der Waals surface area contributed by atoms with Gasteiger partial charge in [-0.15, -0.1) is 6.58 Å². The van der Waals surface area contributed by atoms with Crippen molar-refractivity contribution in [2.45, 2.75) is 64.3 Å². The van der Waals surface area contributed by atoms with Crippen molar-refractivity contribution in [1.29, 1.82) is 0 Å². The quantitative estimate of drug-likeness (QED) is 0.197. The van der Waals surface area contributed by atoms with Gasteiger partial charge in [0.1, 0.15) is 17.6 Å². The summed E-state index contributed by atoms with van der Waals surface area (Å²) in [5.74, 6) is -0.688. The highest BCUT2D eigenvalue weighted by Gasteiger charge is 2.25. The lowest BCUT2D eigenvalue weighted by Crippen LogP contribution is -2.34. The number of carbonyl (C=O) groups is 2. The molecule has 1 aromatic rings. The van der Waals surface area contributed by atoms with Crippen LogP contribution in [0.5, 0.6) is 11.5 Å². The zero-order valence-corrected chi connectivity index (χ0v) is 23.2. The van der Waals surface area contributed by atoms with E-state index in [-0.39, 0.29) is 23.3 Å². The second-order valence-corrected chi connectivity index (χ2v) is 9.34. The summed E-state index contributed by atoms with van der Waals surface area (Å²) in [6.45, 7) is 7.52. The van der Waals surface area contributed by atoms with Gasteiger partial charge in [0.2, 0.25) is 0 Å². The van der Waals surface area contributed by atoms with E-state index in [1.54, 1.807) is 38.3 Å². The highest BCUT2D eigenvalue weighted by molar-refractivity contribution is 6.04. The summed E-state index contributed by atoms with van der Waals surface area (Å²) >= 11 is 0. The number of anilines is 2. The third-order valence-electron chi connectivity index (χ3n) is 6.56. The van der Waals surface area contributed by atoms with Gasteiger partial charge in [0, 0.05) is 38.0 Å². The Kier molecular flexibility index (Phi) is 12.6. The first-order chi connectivity index (χ1) is 18.6. The number of benzene rings is 1. The highest BCUT2D eigenvalue weighted by Crippen LogP contribution is 2.41. The van der Waals surface area contributed by atoms with Crippen LogP contribution in [-0.4, -0.2) is 61.3 Å². The number of phenolic OH excluding ortho intramolecular Hbond substituents is 2. The van der Waals surface area contributed by atoms with Gasteiger partial charge in [0.05, 0.1) is 17.5 Å². The molecule has 2 amide bonds. The molecule has 1 heterocycles. The third-order valence-corrected chi connectivity index (χ3v) is 6.56. The first-order valence-electron chi connectivity index (χ1n) is 12.9. The van der Waals surface area contributed by atoms with Crippen LogP contribution in [0.4, 0.5) is 16.2 Å². The fourth-order valence-electron chi connectivity index (χ4n) is 4.38. The molecule has 2 rings (SSSR count). The molecule has 0 fully saturated rings. The van der Waals surface area contributed by atoms with Gasteiger partial charge >= 0.3 is 6.09 Å². The van der Waals surface area contributed by atoms with Crippen LogP contribution in [0.3, 0.4) is 0 Å². The first kappa shape index (κ1) is 31.5. The number of allylic oxidation sites excluding steroid dienone is 3. The molecule has 0 aliphatic carbocycles. The lowest BCUT2D eigenvalue weighted by atomic mass is 9.98. The molecule has 1 aromatic carbocycles. The van der Waals surface area contributed by atoms with Crippen LogP contribution in [-0.2, 0) is 25.4 Å². The lowest BCUT2D eigenvalue weighted by molar-refractivity contribution is -0.112. The Hall–Kier alpha value is -3.76. The molecule has 2 bridgehead atoms. The molecule has 0 saturated heterocycles. The number of methoxy groups -OCH3 is 2. The minimum absolute atomic E-state index is 0.0696. The van der Waals surface area contributed by atoms with Crippen molar-refractivity contribution < 1.29 is 34.0 Å². The van der Waals surface area contributed by atoms with Crippen molar-refractivity contribution >= 4 is 23.4 Å². The predicted octanol–water partition coefficient (Wildman–Crippen LogP) is 4.69. The number of ether oxygens (including phenoxy) is 3. The second-order valence-electron chi connectivity index (χ2n) is 9.34. The Labute approximate surface area is 230 Å². The van der Waals surface area contributed by atoms with E-state index in [4.69, 9.17) is 19.9 Å². The second kappa shape index (κ2) is 15.6. The van der Waals surface area contributed by atoms with Crippen LogP contribution in [0.2, 0.25) is 0 Å². The minimum Gasteiger partial charge on any atom is -0.506 e. The van der Waals surface area contributed by atoms with Crippen molar-refractivity contribution in [3.05, 3.63) is 59.7 Å². The Morgan fingerprint density at radius 1 is 1.26 bits per heavy atom. The van der Waals surface area contributed by atoms with Gasteiger partial charge in [0.25, 0.3) is 5.91 Å². The van der Waals surface area contributed by atoms with Gasteiger partial charge in [-0.3, -0.25) is 4.79 Å². The maximum absolute atomic E-state index is 12.9. The van der Waals surface area contributed by atoms with Gasteiger partial charge in [-0.05, 0) is 51.5 Å². The van der Waals surface area contributed by atoms with Crippen LogP contribution in [0.1, 0.15) is 45.1 Å². The Morgan fingerprint density at radius 3 is 2.64 bits per heavy atom. The normalized spacial score (nSPS) is 24.8. The molecule has 3 atom stereocenters. The summed E-state index contributed by atoms with van der Waals surface area (Å²) in [6, 6.07) is 1.31. The van der Waals surface area contributed by atoms with E-state index in [9.17, 15) is 19.8 Å². The zero-order valence-electron chi connectivity index (χ0n) is 23.2. The van der Waals surface area contributed by atoms with Crippen molar-refractivity contribution in [1.82, 2.24) is 0 Å². The Morgan fingerprint density at radius 2 is 2.00 bits per heavy atom. The fourth-order valence-corrected chi connectivity index (χ4v) is 4.38. The smallest absolute Gasteiger partial charge is 0.405 e. The summed E-state index contributed by atoms with van der Waals surface area (Å²) in [7, 11) is 3.13. The largest absolute Gasteiger partial charge is 0.506 e. The van der Waals surface area contributed by atoms with E-state index >= 15 is 0 Å². The molecular weight excluding hydrogens is 502 g/mol. The van der Waals surface area contributed by atoms with E-state index < -0.39 is 24.2 Å². The summed E-state index contributed by atoms with van der Waals surface area (Å²) < 4.78 is 16.6. The standard InChI is InChI=1S/C29H41N3O7/c1-6-16-31-25-21-14-9-13-20(37-4)12-7-10-18(2)27(39-29(30)36)24(38-5)15-8-11-19(3)28(35)32-22(26(21)34)17-23(25)33/h6,8,10-11,15,17,20,24,27,31,33-34H,1,7,9,12-14,16H2,2-5H3,(H2,30,36)(H,32,35)/b15-8-,18-10+,19-11+. The summed E-state index contributed by atoms with van der Waals surface area (Å²) in [4.78, 5) is 24.5. The number of rotatable bonds is 6. The number of hydrogen-bond acceptors (Lipinski definition) is 8. The van der Waals surface area contributed by atoms with Gasteiger partial charge in [0.15, 0.2) is 6.10 Å². The zero-order chi connectivity index (χ0) is 28.9. The molecule has 0 aromatic heterocycles. The number of fused-ring (bicyclic) bond motifs is 2. The van der Waals surface area contributed by atoms with Crippen molar-refractivity contribution in [3.8, 4) is 11.5 Å². The average molecular weight is 544 g/mol. The maximum Gasteiger partial charge on any atom is 0.405 e. The predicted molar refractivity (Wildman–Crippen MR) is 152 cm³/mol. The van der Waals surface area contributed by atoms with Crippen LogP contribution >= 0.6 is 0 Å². The van der Waals surface area contributed by atoms with Crippen LogP contribution < -0.4 is 16.4 Å². The number of nitrogens with two attached hydrogens (primary N) is 1. The first-order valence-corrected chi connectivity index (χ1v) is 12.9. The van der Waals surface area contributed by atoms with Crippen LogP contribution in [0.15, 0.2) is 54.2 Å². The summed E-state index contributed by atoms with van der Waals surface area (Å²) in [6.07, 6.45) is 9.20. The number of primary amides is 1. The van der Waals surface area contributed by atoms with Crippen LogP contribution in [0, 0.1) is 0 Å². The number of hydrogen-bond donors (Lipinski definition) is 5. The minimum atomic E-state index is -0.922. The number of amides is 2. The molecule has 0 spiro atoms.